The molecule has 0 N–H and O–H groups in total. The van der Waals surface area contributed by atoms with Gasteiger partial charge in [-0.3, -0.25) is 9.69 Å². The quantitative estimate of drug-likeness (QED) is 0.508. The van der Waals surface area contributed by atoms with E-state index in [0.29, 0.717) is 16.4 Å². The van der Waals surface area contributed by atoms with Gasteiger partial charge in [-0.2, -0.15) is 0 Å². The standard InChI is InChI=1S/C20H15BrClNO3/c1-12-18(20(25)26-2)14(11-13-7-3-4-8-15(13)21)19(24)23(12)17-10-6-5-9-16(17)22/h3-11H,1-2H3/b14-11-. The highest BCUT2D eigenvalue weighted by molar-refractivity contribution is 9.10. The zero-order valence-electron chi connectivity index (χ0n) is 14.1. The summed E-state index contributed by atoms with van der Waals surface area (Å²) in [4.78, 5) is 27.0. The Labute approximate surface area is 164 Å². The van der Waals surface area contributed by atoms with Crippen LogP contribution in [0.5, 0.6) is 0 Å². The van der Waals surface area contributed by atoms with Crippen LogP contribution >= 0.6 is 27.5 Å². The molecule has 26 heavy (non-hydrogen) atoms. The molecular weight excluding hydrogens is 418 g/mol. The normalized spacial score (nSPS) is 15.8. The van der Waals surface area contributed by atoms with E-state index in [4.69, 9.17) is 16.3 Å². The van der Waals surface area contributed by atoms with Crippen molar-refractivity contribution in [2.24, 2.45) is 0 Å². The van der Waals surface area contributed by atoms with Gasteiger partial charge in [0.15, 0.2) is 0 Å². The second-order valence-corrected chi connectivity index (χ2v) is 6.89. The molecule has 6 heteroatoms. The minimum absolute atomic E-state index is 0.230. The van der Waals surface area contributed by atoms with Crippen LogP contribution in [0.4, 0.5) is 5.69 Å². The maximum absolute atomic E-state index is 13.1. The van der Waals surface area contributed by atoms with Gasteiger partial charge in [0.1, 0.15) is 0 Å². The molecule has 1 aliphatic heterocycles. The van der Waals surface area contributed by atoms with Gasteiger partial charge in [-0.15, -0.1) is 0 Å². The molecule has 1 heterocycles. The Balaban J connectivity index is 2.20. The highest BCUT2D eigenvalue weighted by Gasteiger charge is 2.38. The summed E-state index contributed by atoms with van der Waals surface area (Å²) < 4.78 is 5.72. The summed E-state index contributed by atoms with van der Waals surface area (Å²) in [6.45, 7) is 1.70. The average molecular weight is 433 g/mol. The van der Waals surface area contributed by atoms with Crippen LogP contribution in [0.2, 0.25) is 5.02 Å². The Bertz CT molecular complexity index is 965. The number of para-hydroxylation sites is 1. The topological polar surface area (TPSA) is 46.6 Å². The van der Waals surface area contributed by atoms with Crippen LogP contribution in [-0.2, 0) is 14.3 Å². The third-order valence-electron chi connectivity index (χ3n) is 4.09. The molecule has 2 aromatic rings. The zero-order valence-corrected chi connectivity index (χ0v) is 16.5. The van der Waals surface area contributed by atoms with Crippen molar-refractivity contribution in [2.75, 3.05) is 12.0 Å². The number of esters is 1. The molecule has 2 aromatic carbocycles. The SMILES string of the molecule is COC(=O)C1=C(C)N(c2ccccc2Cl)C(=O)/C1=C\c1ccccc1Br. The minimum Gasteiger partial charge on any atom is -0.465 e. The molecule has 132 valence electrons. The summed E-state index contributed by atoms with van der Waals surface area (Å²) >= 11 is 9.73. The number of hydrogen-bond acceptors (Lipinski definition) is 3. The second-order valence-electron chi connectivity index (χ2n) is 5.62. The Morgan fingerprint density at radius 1 is 1.15 bits per heavy atom. The molecular formula is C20H15BrClNO3. The van der Waals surface area contributed by atoms with E-state index < -0.39 is 5.97 Å². The van der Waals surface area contributed by atoms with E-state index in [1.54, 1.807) is 37.3 Å². The smallest absolute Gasteiger partial charge is 0.340 e. The fourth-order valence-electron chi connectivity index (χ4n) is 2.85. The van der Waals surface area contributed by atoms with Crippen molar-refractivity contribution in [3.63, 3.8) is 0 Å². The number of benzene rings is 2. The van der Waals surface area contributed by atoms with E-state index >= 15 is 0 Å². The molecule has 0 bridgehead atoms. The predicted molar refractivity (Wildman–Crippen MR) is 106 cm³/mol. The molecule has 0 radical (unpaired) electrons. The van der Waals surface area contributed by atoms with Crippen molar-refractivity contribution in [3.05, 3.63) is 80.4 Å². The zero-order chi connectivity index (χ0) is 18.8. The first kappa shape index (κ1) is 18.4. The van der Waals surface area contributed by atoms with Gasteiger partial charge in [-0.25, -0.2) is 4.79 Å². The summed E-state index contributed by atoms with van der Waals surface area (Å²) in [6.07, 6.45) is 1.68. The third kappa shape index (κ3) is 3.20. The Hall–Kier alpha value is -2.37. The van der Waals surface area contributed by atoms with Crippen LogP contribution in [0.25, 0.3) is 6.08 Å². The minimum atomic E-state index is -0.566. The first-order chi connectivity index (χ1) is 12.5. The Morgan fingerprint density at radius 3 is 2.46 bits per heavy atom. The van der Waals surface area contributed by atoms with E-state index in [1.807, 2.05) is 24.3 Å². The highest BCUT2D eigenvalue weighted by atomic mass is 79.9. The Kier molecular flexibility index (Phi) is 5.30. The largest absolute Gasteiger partial charge is 0.465 e. The van der Waals surface area contributed by atoms with Crippen molar-refractivity contribution in [3.8, 4) is 0 Å². The van der Waals surface area contributed by atoms with Gasteiger partial charge in [-0.05, 0) is 36.8 Å². The summed E-state index contributed by atoms with van der Waals surface area (Å²) in [5, 5.41) is 0.423. The van der Waals surface area contributed by atoms with Crippen LogP contribution in [0.1, 0.15) is 12.5 Å². The number of halogens is 2. The maximum atomic E-state index is 13.1. The number of allylic oxidation sites excluding steroid dienone is 1. The number of amides is 1. The lowest BCUT2D eigenvalue weighted by Crippen LogP contribution is -2.24. The number of carbonyl (C=O) groups is 2. The maximum Gasteiger partial charge on any atom is 0.340 e. The molecule has 0 aliphatic carbocycles. The van der Waals surface area contributed by atoms with Gasteiger partial charge in [0, 0.05) is 10.2 Å². The van der Waals surface area contributed by atoms with Crippen LogP contribution < -0.4 is 4.90 Å². The number of anilines is 1. The molecule has 0 unspecified atom stereocenters. The monoisotopic (exact) mass is 431 g/mol. The molecule has 0 spiro atoms. The van der Waals surface area contributed by atoms with Crippen molar-refractivity contribution in [1.82, 2.24) is 0 Å². The highest BCUT2D eigenvalue weighted by Crippen LogP contribution is 2.38. The number of ether oxygens (including phenoxy) is 1. The van der Waals surface area contributed by atoms with E-state index in [0.717, 1.165) is 10.0 Å². The van der Waals surface area contributed by atoms with E-state index in [-0.39, 0.29) is 17.1 Å². The van der Waals surface area contributed by atoms with Gasteiger partial charge in [0.25, 0.3) is 5.91 Å². The predicted octanol–water partition coefficient (Wildman–Crippen LogP) is 4.98. The molecule has 1 amide bonds. The Morgan fingerprint density at radius 2 is 1.81 bits per heavy atom. The third-order valence-corrected chi connectivity index (χ3v) is 5.13. The van der Waals surface area contributed by atoms with Gasteiger partial charge >= 0.3 is 5.97 Å². The molecule has 0 saturated carbocycles. The lowest BCUT2D eigenvalue weighted by molar-refractivity contribution is -0.136. The van der Waals surface area contributed by atoms with Crippen molar-refractivity contribution < 1.29 is 14.3 Å². The van der Waals surface area contributed by atoms with Crippen LogP contribution in [0, 0.1) is 0 Å². The molecule has 0 atom stereocenters. The lowest BCUT2D eigenvalue weighted by atomic mass is 10.0. The van der Waals surface area contributed by atoms with Crippen molar-refractivity contribution in [2.45, 2.75) is 6.92 Å². The number of nitrogens with zero attached hydrogens (tertiary/aromatic N) is 1. The van der Waals surface area contributed by atoms with Gasteiger partial charge in [0.2, 0.25) is 0 Å². The van der Waals surface area contributed by atoms with Crippen LogP contribution in [0.15, 0.2) is 69.8 Å². The summed E-state index contributed by atoms with van der Waals surface area (Å²) in [5.41, 5.74) is 2.28. The van der Waals surface area contributed by atoms with Gasteiger partial charge in [-0.1, -0.05) is 57.9 Å². The van der Waals surface area contributed by atoms with E-state index in [9.17, 15) is 9.59 Å². The molecule has 0 fully saturated rings. The molecule has 0 aromatic heterocycles. The fourth-order valence-corrected chi connectivity index (χ4v) is 3.47. The van der Waals surface area contributed by atoms with Crippen molar-refractivity contribution in [1.29, 1.82) is 0 Å². The summed E-state index contributed by atoms with van der Waals surface area (Å²) in [6, 6.07) is 14.5. The fraction of sp³-hybridized carbons (Fsp3) is 0.100. The first-order valence-corrected chi connectivity index (χ1v) is 8.97. The number of carbonyl (C=O) groups excluding carboxylic acids is 2. The lowest BCUT2D eigenvalue weighted by Gasteiger charge is -2.19. The summed E-state index contributed by atoms with van der Waals surface area (Å²) in [5.74, 6) is -0.893. The molecule has 4 nitrogen and oxygen atoms in total. The summed E-state index contributed by atoms with van der Waals surface area (Å²) in [7, 11) is 1.29. The number of hydrogen-bond donors (Lipinski definition) is 0. The molecule has 0 saturated heterocycles. The average Bonchev–Trinajstić information content (AvgIpc) is 2.87. The van der Waals surface area contributed by atoms with Gasteiger partial charge in [0.05, 0.1) is 29.0 Å². The van der Waals surface area contributed by atoms with Gasteiger partial charge < -0.3 is 4.74 Å². The van der Waals surface area contributed by atoms with Crippen LogP contribution in [-0.4, -0.2) is 19.0 Å². The number of methoxy groups -OCH3 is 1. The first-order valence-electron chi connectivity index (χ1n) is 7.80. The number of rotatable bonds is 3. The molecule has 1 aliphatic rings. The second kappa shape index (κ2) is 7.48. The molecule has 3 rings (SSSR count). The van der Waals surface area contributed by atoms with E-state index in [1.165, 1.54) is 12.0 Å². The van der Waals surface area contributed by atoms with E-state index in [2.05, 4.69) is 15.9 Å². The van der Waals surface area contributed by atoms with Crippen LogP contribution in [0.3, 0.4) is 0 Å². The van der Waals surface area contributed by atoms with Crippen molar-refractivity contribution >= 4 is 51.2 Å².